The summed E-state index contributed by atoms with van der Waals surface area (Å²) in [4.78, 5) is 37.4. The number of fused-ring (bicyclic) bond motifs is 7. The second kappa shape index (κ2) is 9.18. The molecule has 0 aromatic heterocycles. The number of esters is 2. The molecule has 0 radical (unpaired) electrons. The van der Waals surface area contributed by atoms with Crippen molar-refractivity contribution in [1.29, 1.82) is 0 Å². The lowest BCUT2D eigenvalue weighted by Gasteiger charge is -2.72. The third-order valence-corrected chi connectivity index (χ3v) is 13.4. The monoisotopic (exact) mass is 540 g/mol. The van der Waals surface area contributed by atoms with E-state index in [1.54, 1.807) is 6.92 Å². The summed E-state index contributed by atoms with van der Waals surface area (Å²) in [6.45, 7) is 20.1. The van der Waals surface area contributed by atoms with Gasteiger partial charge in [0, 0.05) is 31.1 Å². The highest BCUT2D eigenvalue weighted by molar-refractivity contribution is 6.00. The van der Waals surface area contributed by atoms with E-state index >= 15 is 0 Å². The second-order valence-electron chi connectivity index (χ2n) is 15.7. The van der Waals surface area contributed by atoms with E-state index in [1.165, 1.54) is 25.3 Å². The zero-order valence-electron chi connectivity index (χ0n) is 26.0. The van der Waals surface area contributed by atoms with Crippen LogP contribution < -0.4 is 0 Å². The minimum atomic E-state index is -0.319. The summed E-state index contributed by atoms with van der Waals surface area (Å²) in [7, 11) is 0. The van der Waals surface area contributed by atoms with Crippen molar-refractivity contribution in [2.24, 2.45) is 50.7 Å². The van der Waals surface area contributed by atoms with Crippen LogP contribution in [-0.4, -0.2) is 30.4 Å². The predicted octanol–water partition coefficient (Wildman–Crippen LogP) is 7.46. The van der Waals surface area contributed by atoms with Gasteiger partial charge in [-0.2, -0.15) is 0 Å². The molecule has 0 N–H and O–H groups in total. The molecule has 0 aromatic rings. The van der Waals surface area contributed by atoms with E-state index in [-0.39, 0.29) is 56.8 Å². The van der Waals surface area contributed by atoms with Crippen LogP contribution in [0.1, 0.15) is 120 Å². The zero-order chi connectivity index (χ0) is 28.8. The molecule has 4 unspecified atom stereocenters. The van der Waals surface area contributed by atoms with Gasteiger partial charge < -0.3 is 9.47 Å². The Labute approximate surface area is 236 Å². The molecule has 0 bridgehead atoms. The summed E-state index contributed by atoms with van der Waals surface area (Å²) in [5.74, 6) is 1.53. The van der Waals surface area contributed by atoms with E-state index in [0.717, 1.165) is 44.1 Å². The number of carbonyl (C=O) groups is 3. The lowest BCUT2D eigenvalue weighted by Crippen LogP contribution is -2.66. The maximum Gasteiger partial charge on any atom is 0.302 e. The first-order valence-corrected chi connectivity index (χ1v) is 15.6. The van der Waals surface area contributed by atoms with Crippen molar-refractivity contribution in [1.82, 2.24) is 0 Å². The second-order valence-corrected chi connectivity index (χ2v) is 15.7. The SMILES string of the molecule is CC(=O)OC[C@@]12CC[C@]3(C)C(CCC4[C@@]5(C)CCC(OC(C)=O)C(C)(C)C5CC[C@]43C)C1=C(C(C)C)C(=O)C2. The summed E-state index contributed by atoms with van der Waals surface area (Å²) in [6, 6.07) is 0. The Hall–Kier alpha value is -1.65. The molecule has 39 heavy (non-hydrogen) atoms. The summed E-state index contributed by atoms with van der Waals surface area (Å²) < 4.78 is 11.6. The van der Waals surface area contributed by atoms with E-state index in [4.69, 9.17) is 9.47 Å². The van der Waals surface area contributed by atoms with Crippen LogP contribution in [0.4, 0.5) is 0 Å². The number of ether oxygens (including phenoxy) is 2. The van der Waals surface area contributed by atoms with Gasteiger partial charge >= 0.3 is 11.9 Å². The van der Waals surface area contributed by atoms with Gasteiger partial charge in [0.05, 0.1) is 0 Å². The van der Waals surface area contributed by atoms with Crippen molar-refractivity contribution < 1.29 is 23.9 Å². The molecular weight excluding hydrogens is 488 g/mol. The van der Waals surface area contributed by atoms with Crippen LogP contribution in [0.15, 0.2) is 11.1 Å². The van der Waals surface area contributed by atoms with Gasteiger partial charge in [0.1, 0.15) is 12.7 Å². The molecule has 4 saturated carbocycles. The number of allylic oxidation sites excluding steroid dienone is 1. The fourth-order valence-electron chi connectivity index (χ4n) is 11.5. The molecule has 0 aromatic carbocycles. The molecule has 0 aliphatic heterocycles. The molecule has 0 heterocycles. The number of hydrogen-bond donors (Lipinski definition) is 0. The van der Waals surface area contributed by atoms with Crippen molar-refractivity contribution >= 4 is 17.7 Å². The highest BCUT2D eigenvalue weighted by atomic mass is 16.5. The largest absolute Gasteiger partial charge is 0.465 e. The van der Waals surface area contributed by atoms with Crippen molar-refractivity contribution in [3.05, 3.63) is 11.1 Å². The number of rotatable bonds is 4. The summed E-state index contributed by atoms with van der Waals surface area (Å²) in [5.41, 5.74) is 2.51. The quantitative estimate of drug-likeness (QED) is 0.346. The first-order chi connectivity index (χ1) is 18.0. The Bertz CT molecular complexity index is 1100. The Morgan fingerprint density at radius 3 is 2.15 bits per heavy atom. The van der Waals surface area contributed by atoms with E-state index in [2.05, 4.69) is 48.5 Å². The number of hydrogen-bond acceptors (Lipinski definition) is 5. The van der Waals surface area contributed by atoms with Crippen LogP contribution in [0, 0.1) is 50.7 Å². The molecule has 0 spiro atoms. The fraction of sp³-hybridized carbons (Fsp3) is 0.853. The molecular formula is C34H52O5. The van der Waals surface area contributed by atoms with Gasteiger partial charge in [-0.15, -0.1) is 0 Å². The minimum absolute atomic E-state index is 0.0100. The molecule has 5 aliphatic rings. The third kappa shape index (κ3) is 3.94. The van der Waals surface area contributed by atoms with Gasteiger partial charge in [-0.05, 0) is 102 Å². The van der Waals surface area contributed by atoms with E-state index < -0.39 is 0 Å². The van der Waals surface area contributed by atoms with E-state index in [1.807, 2.05) is 0 Å². The number of carbonyl (C=O) groups excluding carboxylic acids is 3. The standard InChI is InChI=1S/C34H52O5/c1-20(2)28-24(37)18-34(19-38-21(3)35)17-16-32(8)23(29(28)34)10-11-26-31(7)14-13-27(39-22(4)36)30(5,6)25(31)12-15-33(26,32)9/h20,23,25-27H,10-19H2,1-9H3/t23?,25?,26?,27?,31-,32+,33+,34-/m0/s1. The Kier molecular flexibility index (Phi) is 6.79. The molecule has 5 rings (SSSR count). The smallest absolute Gasteiger partial charge is 0.302 e. The van der Waals surface area contributed by atoms with Crippen LogP contribution in [0.5, 0.6) is 0 Å². The Balaban J connectivity index is 1.54. The molecule has 8 atom stereocenters. The third-order valence-electron chi connectivity index (χ3n) is 13.4. The Morgan fingerprint density at radius 1 is 0.846 bits per heavy atom. The van der Waals surface area contributed by atoms with Crippen LogP contribution in [0.3, 0.4) is 0 Å². The molecule has 5 aliphatic carbocycles. The number of ketones is 1. The highest BCUT2D eigenvalue weighted by Gasteiger charge is 2.70. The normalized spacial score (nSPS) is 44.7. The van der Waals surface area contributed by atoms with Gasteiger partial charge in [-0.25, -0.2) is 0 Å². The average Bonchev–Trinajstić information content (AvgIpc) is 3.12. The predicted molar refractivity (Wildman–Crippen MR) is 152 cm³/mol. The molecule has 5 nitrogen and oxygen atoms in total. The van der Waals surface area contributed by atoms with Crippen LogP contribution >= 0.6 is 0 Å². The van der Waals surface area contributed by atoms with Crippen molar-refractivity contribution in [3.8, 4) is 0 Å². The molecule has 4 fully saturated rings. The van der Waals surface area contributed by atoms with Gasteiger partial charge in [0.25, 0.3) is 0 Å². The van der Waals surface area contributed by atoms with Gasteiger partial charge in [-0.1, -0.05) is 48.5 Å². The van der Waals surface area contributed by atoms with Crippen molar-refractivity contribution in [2.45, 2.75) is 126 Å². The molecule has 218 valence electrons. The van der Waals surface area contributed by atoms with Crippen LogP contribution in [0.2, 0.25) is 0 Å². The molecule has 0 saturated heterocycles. The summed E-state index contributed by atoms with van der Waals surface area (Å²) >= 11 is 0. The van der Waals surface area contributed by atoms with E-state index in [9.17, 15) is 14.4 Å². The zero-order valence-corrected chi connectivity index (χ0v) is 26.0. The highest BCUT2D eigenvalue weighted by Crippen LogP contribution is 2.76. The maximum atomic E-state index is 13.6. The fourth-order valence-corrected chi connectivity index (χ4v) is 11.5. The number of Topliss-reactive ketones (excluding diaryl/α,β-unsaturated/α-hetero) is 1. The maximum absolute atomic E-state index is 13.6. The van der Waals surface area contributed by atoms with Gasteiger partial charge in [0.15, 0.2) is 5.78 Å². The van der Waals surface area contributed by atoms with Crippen molar-refractivity contribution in [2.75, 3.05) is 6.61 Å². The van der Waals surface area contributed by atoms with Gasteiger partial charge in [-0.3, -0.25) is 14.4 Å². The van der Waals surface area contributed by atoms with Crippen LogP contribution in [-0.2, 0) is 23.9 Å². The minimum Gasteiger partial charge on any atom is -0.465 e. The molecule has 5 heteroatoms. The topological polar surface area (TPSA) is 69.7 Å². The lowest BCUT2D eigenvalue weighted by molar-refractivity contribution is -0.233. The summed E-state index contributed by atoms with van der Waals surface area (Å²) in [6.07, 6.45) is 9.15. The van der Waals surface area contributed by atoms with Crippen molar-refractivity contribution in [3.63, 3.8) is 0 Å². The lowest BCUT2D eigenvalue weighted by atomic mass is 9.33. The first kappa shape index (κ1) is 28.9. The van der Waals surface area contributed by atoms with E-state index in [0.29, 0.717) is 30.8 Å². The van der Waals surface area contributed by atoms with Gasteiger partial charge in [0.2, 0.25) is 0 Å². The Morgan fingerprint density at radius 2 is 1.54 bits per heavy atom. The van der Waals surface area contributed by atoms with Crippen LogP contribution in [0.25, 0.3) is 0 Å². The summed E-state index contributed by atoms with van der Waals surface area (Å²) in [5, 5.41) is 0. The molecule has 0 amide bonds. The first-order valence-electron chi connectivity index (χ1n) is 15.6. The average molecular weight is 541 g/mol.